The standard InChI is InChI=1S/C10H12N2O2/c1-6-3-2-4-9(12(13)14)10(6)7-5-8(7)11/h2-4,7-8H,5,11H2,1H3/t7-,8-/m1/s1. The van der Waals surface area contributed by atoms with E-state index in [1.807, 2.05) is 13.0 Å². The molecule has 0 heterocycles. The molecule has 2 atom stereocenters. The number of nitrogens with two attached hydrogens (primary N) is 1. The molecule has 0 radical (unpaired) electrons. The zero-order valence-corrected chi connectivity index (χ0v) is 7.93. The Morgan fingerprint density at radius 3 is 2.71 bits per heavy atom. The van der Waals surface area contributed by atoms with Crippen molar-refractivity contribution in [3.05, 3.63) is 39.4 Å². The van der Waals surface area contributed by atoms with Gasteiger partial charge in [-0.25, -0.2) is 0 Å². The van der Waals surface area contributed by atoms with Gasteiger partial charge in [-0.05, 0) is 18.9 Å². The first-order valence-electron chi connectivity index (χ1n) is 4.60. The van der Waals surface area contributed by atoms with Crippen LogP contribution in [0.25, 0.3) is 0 Å². The van der Waals surface area contributed by atoms with Gasteiger partial charge in [0.2, 0.25) is 0 Å². The monoisotopic (exact) mass is 192 g/mol. The normalized spacial score (nSPS) is 24.7. The van der Waals surface area contributed by atoms with Crippen LogP contribution in [0.2, 0.25) is 0 Å². The molecule has 0 aromatic heterocycles. The van der Waals surface area contributed by atoms with E-state index < -0.39 is 0 Å². The van der Waals surface area contributed by atoms with Gasteiger partial charge >= 0.3 is 0 Å². The van der Waals surface area contributed by atoms with Gasteiger partial charge in [-0.3, -0.25) is 10.1 Å². The Morgan fingerprint density at radius 2 is 2.21 bits per heavy atom. The fourth-order valence-corrected chi connectivity index (χ4v) is 1.85. The van der Waals surface area contributed by atoms with Gasteiger partial charge in [-0.2, -0.15) is 0 Å². The van der Waals surface area contributed by atoms with E-state index in [4.69, 9.17) is 5.73 Å². The molecule has 1 aliphatic rings. The molecule has 1 aromatic rings. The Morgan fingerprint density at radius 1 is 1.57 bits per heavy atom. The summed E-state index contributed by atoms with van der Waals surface area (Å²) >= 11 is 0. The lowest BCUT2D eigenvalue weighted by Crippen LogP contribution is -2.04. The quantitative estimate of drug-likeness (QED) is 0.573. The average Bonchev–Trinajstić information content (AvgIpc) is 2.81. The fraction of sp³-hybridized carbons (Fsp3) is 0.400. The fourth-order valence-electron chi connectivity index (χ4n) is 1.85. The van der Waals surface area contributed by atoms with Gasteiger partial charge in [0, 0.05) is 23.6 Å². The molecule has 2 rings (SSSR count). The highest BCUT2D eigenvalue weighted by Crippen LogP contribution is 2.44. The summed E-state index contributed by atoms with van der Waals surface area (Å²) in [5.74, 6) is 0.191. The van der Waals surface area contributed by atoms with Gasteiger partial charge in [-0.15, -0.1) is 0 Å². The van der Waals surface area contributed by atoms with E-state index in [-0.39, 0.29) is 22.6 Å². The lowest BCUT2D eigenvalue weighted by molar-refractivity contribution is -0.385. The van der Waals surface area contributed by atoms with Gasteiger partial charge in [0.05, 0.1) is 4.92 Å². The first-order chi connectivity index (χ1) is 6.61. The third-order valence-corrected chi connectivity index (χ3v) is 2.71. The minimum atomic E-state index is -0.326. The van der Waals surface area contributed by atoms with E-state index in [0.29, 0.717) is 0 Å². The van der Waals surface area contributed by atoms with Crippen molar-refractivity contribution in [1.29, 1.82) is 0 Å². The summed E-state index contributed by atoms with van der Waals surface area (Å²) in [5, 5.41) is 10.8. The van der Waals surface area contributed by atoms with E-state index in [9.17, 15) is 10.1 Å². The molecule has 0 saturated heterocycles. The van der Waals surface area contributed by atoms with Crippen LogP contribution in [0.15, 0.2) is 18.2 Å². The molecule has 0 unspecified atom stereocenters. The molecule has 74 valence electrons. The Kier molecular flexibility index (Phi) is 2.00. The summed E-state index contributed by atoms with van der Waals surface area (Å²) < 4.78 is 0. The molecule has 1 saturated carbocycles. The highest BCUT2D eigenvalue weighted by Gasteiger charge is 2.40. The van der Waals surface area contributed by atoms with Crippen LogP contribution in [-0.4, -0.2) is 11.0 Å². The second-order valence-electron chi connectivity index (χ2n) is 3.77. The van der Waals surface area contributed by atoms with Gasteiger partial charge < -0.3 is 5.73 Å². The topological polar surface area (TPSA) is 69.2 Å². The SMILES string of the molecule is Cc1cccc([N+](=O)[O-])c1[C@@H]1C[C@H]1N. The van der Waals surface area contributed by atoms with Gasteiger partial charge in [0.15, 0.2) is 0 Å². The number of rotatable bonds is 2. The van der Waals surface area contributed by atoms with Crippen molar-refractivity contribution in [3.63, 3.8) is 0 Å². The molecule has 14 heavy (non-hydrogen) atoms. The summed E-state index contributed by atoms with van der Waals surface area (Å²) in [6, 6.07) is 5.26. The number of hydrogen-bond donors (Lipinski definition) is 1. The minimum Gasteiger partial charge on any atom is -0.327 e. The summed E-state index contributed by atoms with van der Waals surface area (Å²) in [5.41, 5.74) is 7.72. The van der Waals surface area contributed by atoms with Crippen LogP contribution < -0.4 is 5.73 Å². The zero-order chi connectivity index (χ0) is 10.3. The third kappa shape index (κ3) is 1.37. The molecule has 4 heteroatoms. The Labute approximate surface area is 81.9 Å². The van der Waals surface area contributed by atoms with E-state index in [1.54, 1.807) is 12.1 Å². The molecule has 1 fully saturated rings. The number of hydrogen-bond acceptors (Lipinski definition) is 3. The molecule has 4 nitrogen and oxygen atoms in total. The Balaban J connectivity index is 2.49. The van der Waals surface area contributed by atoms with Crippen LogP contribution in [0, 0.1) is 17.0 Å². The number of nitro benzene ring substituents is 1. The third-order valence-electron chi connectivity index (χ3n) is 2.71. The maximum absolute atomic E-state index is 10.8. The highest BCUT2D eigenvalue weighted by atomic mass is 16.6. The van der Waals surface area contributed by atoms with E-state index in [1.165, 1.54) is 0 Å². The zero-order valence-electron chi connectivity index (χ0n) is 7.93. The van der Waals surface area contributed by atoms with Crippen LogP contribution in [0.5, 0.6) is 0 Å². The average molecular weight is 192 g/mol. The van der Waals surface area contributed by atoms with Gasteiger partial charge in [0.25, 0.3) is 5.69 Å². The molecular formula is C10H12N2O2. The summed E-state index contributed by atoms with van der Waals surface area (Å²) in [6.07, 6.45) is 0.867. The second-order valence-corrected chi connectivity index (χ2v) is 3.77. The first-order valence-corrected chi connectivity index (χ1v) is 4.60. The molecule has 0 aliphatic heterocycles. The van der Waals surface area contributed by atoms with E-state index >= 15 is 0 Å². The molecule has 1 aliphatic carbocycles. The van der Waals surface area contributed by atoms with Crippen LogP contribution in [0.1, 0.15) is 23.5 Å². The molecular weight excluding hydrogens is 180 g/mol. The molecule has 0 amide bonds. The van der Waals surface area contributed by atoms with Crippen LogP contribution >= 0.6 is 0 Å². The first kappa shape index (κ1) is 9.15. The molecule has 1 aromatic carbocycles. The number of nitro groups is 1. The van der Waals surface area contributed by atoms with E-state index in [2.05, 4.69) is 0 Å². The van der Waals surface area contributed by atoms with Crippen LogP contribution in [0.3, 0.4) is 0 Å². The van der Waals surface area contributed by atoms with Crippen molar-refractivity contribution in [3.8, 4) is 0 Å². The van der Waals surface area contributed by atoms with Crippen LogP contribution in [-0.2, 0) is 0 Å². The summed E-state index contributed by atoms with van der Waals surface area (Å²) in [6.45, 7) is 1.90. The maximum atomic E-state index is 10.8. The van der Waals surface area contributed by atoms with Crippen molar-refractivity contribution < 1.29 is 4.92 Å². The molecule has 2 N–H and O–H groups in total. The Hall–Kier alpha value is -1.42. The lowest BCUT2D eigenvalue weighted by atomic mass is 10.0. The van der Waals surface area contributed by atoms with Gasteiger partial charge in [-0.1, -0.05) is 12.1 Å². The van der Waals surface area contributed by atoms with E-state index in [0.717, 1.165) is 17.5 Å². The second kappa shape index (κ2) is 3.06. The van der Waals surface area contributed by atoms with Crippen LogP contribution in [0.4, 0.5) is 5.69 Å². The summed E-state index contributed by atoms with van der Waals surface area (Å²) in [7, 11) is 0. The van der Waals surface area contributed by atoms with Crippen molar-refractivity contribution in [2.45, 2.75) is 25.3 Å². The molecule has 0 spiro atoms. The number of nitrogens with zero attached hydrogens (tertiary/aromatic N) is 1. The maximum Gasteiger partial charge on any atom is 0.273 e. The number of benzene rings is 1. The Bertz CT molecular complexity index is 390. The highest BCUT2D eigenvalue weighted by molar-refractivity contribution is 5.50. The minimum absolute atomic E-state index is 0.106. The smallest absolute Gasteiger partial charge is 0.273 e. The van der Waals surface area contributed by atoms with Crippen molar-refractivity contribution in [2.75, 3.05) is 0 Å². The lowest BCUT2D eigenvalue weighted by Gasteiger charge is -2.04. The number of aryl methyl sites for hydroxylation is 1. The largest absolute Gasteiger partial charge is 0.327 e. The van der Waals surface area contributed by atoms with Crippen molar-refractivity contribution >= 4 is 5.69 Å². The predicted octanol–water partition coefficient (Wildman–Crippen LogP) is 1.72. The molecule has 0 bridgehead atoms. The summed E-state index contributed by atoms with van der Waals surface area (Å²) in [4.78, 5) is 10.5. The van der Waals surface area contributed by atoms with Crippen molar-refractivity contribution in [2.24, 2.45) is 5.73 Å². The predicted molar refractivity (Wildman–Crippen MR) is 53.2 cm³/mol. The van der Waals surface area contributed by atoms with Gasteiger partial charge in [0.1, 0.15) is 0 Å². The van der Waals surface area contributed by atoms with Crippen molar-refractivity contribution in [1.82, 2.24) is 0 Å².